The minimum atomic E-state index is -0.489. The van der Waals surface area contributed by atoms with Crippen LogP contribution in [0.3, 0.4) is 0 Å². The van der Waals surface area contributed by atoms with Crippen molar-refractivity contribution in [3.63, 3.8) is 0 Å². The molecule has 208 valence electrons. The number of carbonyl (C=O) groups excluding carboxylic acids is 2. The summed E-state index contributed by atoms with van der Waals surface area (Å²) in [4.78, 5) is 26.8. The van der Waals surface area contributed by atoms with E-state index in [-0.39, 0.29) is 30.1 Å². The molecule has 37 heavy (non-hydrogen) atoms. The lowest BCUT2D eigenvalue weighted by molar-refractivity contribution is -0.00870. The summed E-state index contributed by atoms with van der Waals surface area (Å²) in [6.45, 7) is 4.04. The van der Waals surface area contributed by atoms with Gasteiger partial charge in [0.25, 0.3) is 0 Å². The van der Waals surface area contributed by atoms with Crippen LogP contribution in [-0.4, -0.2) is 62.5 Å². The first kappa shape index (κ1) is 29.5. The molecule has 0 spiro atoms. The molecular weight excluding hydrogens is 492 g/mol. The number of piperidine rings is 1. The SMILES string of the molecule is CC[C@@H](N)[C@H](CC1CCCCC1)NC(=O)N1CCC[C@@H](C(OCCNC(=O)OC)c2cccc(Cl)c2)C1. The van der Waals surface area contributed by atoms with Crippen molar-refractivity contribution in [2.45, 2.75) is 82.9 Å². The molecule has 1 unspecified atom stereocenters. The van der Waals surface area contributed by atoms with Gasteiger partial charge in [-0.25, -0.2) is 9.59 Å². The van der Waals surface area contributed by atoms with E-state index in [0.717, 1.165) is 31.2 Å². The molecule has 1 aromatic rings. The maximum Gasteiger partial charge on any atom is 0.406 e. The number of rotatable bonds is 11. The highest BCUT2D eigenvalue weighted by molar-refractivity contribution is 6.30. The van der Waals surface area contributed by atoms with Crippen LogP contribution < -0.4 is 16.4 Å². The molecule has 4 N–H and O–H groups in total. The van der Waals surface area contributed by atoms with E-state index in [1.54, 1.807) is 0 Å². The maximum absolute atomic E-state index is 13.4. The Morgan fingerprint density at radius 2 is 1.97 bits per heavy atom. The first-order valence-corrected chi connectivity index (χ1v) is 14.3. The van der Waals surface area contributed by atoms with Crippen LogP contribution in [0.5, 0.6) is 0 Å². The summed E-state index contributed by atoms with van der Waals surface area (Å²) < 4.78 is 10.9. The molecule has 3 amide bonds. The number of carbonyl (C=O) groups is 2. The molecule has 1 aliphatic carbocycles. The van der Waals surface area contributed by atoms with E-state index < -0.39 is 6.09 Å². The number of benzene rings is 1. The molecule has 0 radical (unpaired) electrons. The predicted octanol–water partition coefficient (Wildman–Crippen LogP) is 5.25. The molecule has 0 bridgehead atoms. The quantitative estimate of drug-likeness (QED) is 0.335. The van der Waals surface area contributed by atoms with Crippen LogP contribution in [-0.2, 0) is 9.47 Å². The van der Waals surface area contributed by atoms with Crippen LogP contribution in [0.4, 0.5) is 9.59 Å². The number of hydrogen-bond donors (Lipinski definition) is 3. The van der Waals surface area contributed by atoms with Crippen molar-refractivity contribution in [2.24, 2.45) is 17.6 Å². The zero-order valence-electron chi connectivity index (χ0n) is 22.4. The van der Waals surface area contributed by atoms with Gasteiger partial charge in [0.15, 0.2) is 0 Å². The maximum atomic E-state index is 13.4. The van der Waals surface area contributed by atoms with Crippen molar-refractivity contribution in [3.05, 3.63) is 34.9 Å². The number of nitrogens with one attached hydrogen (secondary N) is 2. The van der Waals surface area contributed by atoms with Crippen molar-refractivity contribution >= 4 is 23.7 Å². The first-order chi connectivity index (χ1) is 17.9. The van der Waals surface area contributed by atoms with Crippen LogP contribution in [0.1, 0.15) is 76.4 Å². The van der Waals surface area contributed by atoms with Crippen molar-refractivity contribution in [2.75, 3.05) is 33.4 Å². The average molecular weight is 537 g/mol. The second-order valence-corrected chi connectivity index (χ2v) is 10.9. The lowest BCUT2D eigenvalue weighted by atomic mass is 9.83. The van der Waals surface area contributed by atoms with Crippen molar-refractivity contribution < 1.29 is 19.1 Å². The Labute approximate surface area is 227 Å². The van der Waals surface area contributed by atoms with Gasteiger partial charge >= 0.3 is 12.1 Å². The van der Waals surface area contributed by atoms with Gasteiger partial charge in [0.05, 0.1) is 19.8 Å². The van der Waals surface area contributed by atoms with E-state index in [1.165, 1.54) is 39.2 Å². The lowest BCUT2D eigenvalue weighted by Crippen LogP contribution is -2.54. The molecule has 1 aliphatic heterocycles. The summed E-state index contributed by atoms with van der Waals surface area (Å²) in [5.74, 6) is 0.748. The average Bonchev–Trinajstić information content (AvgIpc) is 2.92. The third-order valence-electron chi connectivity index (χ3n) is 7.81. The lowest BCUT2D eigenvalue weighted by Gasteiger charge is -2.38. The van der Waals surface area contributed by atoms with Crippen LogP contribution in [0, 0.1) is 11.8 Å². The van der Waals surface area contributed by atoms with Gasteiger partial charge in [0.2, 0.25) is 0 Å². The highest BCUT2D eigenvalue weighted by Gasteiger charge is 2.33. The van der Waals surface area contributed by atoms with E-state index in [0.29, 0.717) is 37.2 Å². The fraction of sp³-hybridized carbons (Fsp3) is 0.714. The molecule has 3 rings (SSSR count). The summed E-state index contributed by atoms with van der Waals surface area (Å²) in [6.07, 6.45) is 9.23. The molecule has 1 saturated heterocycles. The number of amides is 3. The topological polar surface area (TPSA) is 106 Å². The van der Waals surface area contributed by atoms with Gasteiger partial charge in [-0.2, -0.15) is 0 Å². The van der Waals surface area contributed by atoms with Crippen LogP contribution >= 0.6 is 11.6 Å². The Kier molecular flexibility index (Phi) is 12.3. The molecule has 8 nitrogen and oxygen atoms in total. The number of nitrogens with zero attached hydrogens (tertiary/aromatic N) is 1. The Bertz CT molecular complexity index is 851. The van der Waals surface area contributed by atoms with Crippen molar-refractivity contribution in [3.8, 4) is 0 Å². The molecule has 2 aliphatic rings. The standard InChI is InChI=1S/C28H45ClN4O4/c1-3-24(30)25(17-20-9-5-4-6-10-20)32-27(34)33-15-8-12-22(19-33)26(21-11-7-13-23(29)18-21)37-16-14-31-28(35)36-2/h7,11,13,18,20,22,24-26H,3-6,8-10,12,14-17,19,30H2,1-2H3,(H,31,35)(H,32,34)/t22-,24-,25+,26?/m1/s1. The zero-order valence-corrected chi connectivity index (χ0v) is 23.2. The molecule has 4 atom stereocenters. The summed E-state index contributed by atoms with van der Waals surface area (Å²) in [6, 6.07) is 7.58. The molecule has 1 heterocycles. The smallest absolute Gasteiger partial charge is 0.406 e. The summed E-state index contributed by atoms with van der Waals surface area (Å²) in [5.41, 5.74) is 7.45. The van der Waals surface area contributed by atoms with Gasteiger partial charge < -0.3 is 30.7 Å². The molecule has 2 fully saturated rings. The monoisotopic (exact) mass is 536 g/mol. The fourth-order valence-electron chi connectivity index (χ4n) is 5.70. The van der Waals surface area contributed by atoms with Gasteiger partial charge in [0.1, 0.15) is 0 Å². The first-order valence-electron chi connectivity index (χ1n) is 13.9. The largest absolute Gasteiger partial charge is 0.453 e. The third kappa shape index (κ3) is 9.34. The minimum absolute atomic E-state index is 0.00894. The minimum Gasteiger partial charge on any atom is -0.453 e. The van der Waals surface area contributed by atoms with Gasteiger partial charge in [0, 0.05) is 42.7 Å². The third-order valence-corrected chi connectivity index (χ3v) is 8.05. The van der Waals surface area contributed by atoms with Gasteiger partial charge in [-0.1, -0.05) is 62.8 Å². The highest BCUT2D eigenvalue weighted by Crippen LogP contribution is 2.34. The predicted molar refractivity (Wildman–Crippen MR) is 147 cm³/mol. The summed E-state index contributed by atoms with van der Waals surface area (Å²) >= 11 is 6.29. The van der Waals surface area contributed by atoms with E-state index >= 15 is 0 Å². The van der Waals surface area contributed by atoms with E-state index in [4.69, 9.17) is 22.1 Å². The Morgan fingerprint density at radius 3 is 2.68 bits per heavy atom. The molecule has 0 aromatic heterocycles. The Morgan fingerprint density at radius 1 is 1.19 bits per heavy atom. The number of likely N-dealkylation sites (tertiary alicyclic amines) is 1. The number of ether oxygens (including phenoxy) is 2. The number of halogens is 1. The van der Waals surface area contributed by atoms with Crippen molar-refractivity contribution in [1.82, 2.24) is 15.5 Å². The molecule has 1 saturated carbocycles. The molecule has 1 aromatic carbocycles. The summed E-state index contributed by atoms with van der Waals surface area (Å²) in [7, 11) is 1.33. The molecular formula is C28H45ClN4O4. The highest BCUT2D eigenvalue weighted by atomic mass is 35.5. The van der Waals surface area contributed by atoms with Gasteiger partial charge in [-0.05, 0) is 49.3 Å². The summed E-state index contributed by atoms with van der Waals surface area (Å²) in [5, 5.41) is 6.60. The van der Waals surface area contributed by atoms with E-state index in [2.05, 4.69) is 22.3 Å². The number of hydrogen-bond acceptors (Lipinski definition) is 5. The Hall–Kier alpha value is -2.03. The normalized spacial score (nSPS) is 21.1. The number of nitrogens with two attached hydrogens (primary N) is 1. The van der Waals surface area contributed by atoms with Gasteiger partial charge in [-0.3, -0.25) is 0 Å². The second kappa shape index (κ2) is 15.4. The Balaban J connectivity index is 1.65. The van der Waals surface area contributed by atoms with Crippen LogP contribution in [0.2, 0.25) is 5.02 Å². The fourth-order valence-corrected chi connectivity index (χ4v) is 5.90. The second-order valence-electron chi connectivity index (χ2n) is 10.5. The number of alkyl carbamates (subject to hydrolysis) is 1. The number of urea groups is 1. The number of methoxy groups -OCH3 is 1. The van der Waals surface area contributed by atoms with E-state index in [1.807, 2.05) is 29.2 Å². The van der Waals surface area contributed by atoms with Crippen LogP contribution in [0.15, 0.2) is 24.3 Å². The van der Waals surface area contributed by atoms with Crippen molar-refractivity contribution in [1.29, 1.82) is 0 Å². The zero-order chi connectivity index (χ0) is 26.6. The van der Waals surface area contributed by atoms with Crippen LogP contribution in [0.25, 0.3) is 0 Å². The molecule has 9 heteroatoms. The van der Waals surface area contributed by atoms with E-state index in [9.17, 15) is 9.59 Å². The van der Waals surface area contributed by atoms with Gasteiger partial charge in [-0.15, -0.1) is 0 Å².